The maximum absolute atomic E-state index is 12.2. The van der Waals surface area contributed by atoms with Crippen LogP contribution in [-0.4, -0.2) is 29.0 Å². The molecule has 0 spiro atoms. The van der Waals surface area contributed by atoms with Gasteiger partial charge in [0.05, 0.1) is 0 Å². The zero-order chi connectivity index (χ0) is 12.3. The summed E-state index contributed by atoms with van der Waals surface area (Å²) in [5.41, 5.74) is 0.664. The number of phenolic OH excluding ortho intramolecular Hbond substituents is 1. The molecular formula is C14H19NO2. The van der Waals surface area contributed by atoms with Crippen molar-refractivity contribution in [2.75, 3.05) is 13.1 Å². The Labute approximate surface area is 102 Å². The molecule has 1 N–H and O–H groups in total. The van der Waals surface area contributed by atoms with Crippen LogP contribution < -0.4 is 0 Å². The Morgan fingerprint density at radius 2 is 1.94 bits per heavy atom. The summed E-state index contributed by atoms with van der Waals surface area (Å²) in [5, 5.41) is 9.20. The second-order valence-corrected chi connectivity index (χ2v) is 4.88. The molecule has 1 amide bonds. The fourth-order valence-corrected chi connectivity index (χ4v) is 2.25. The molecule has 1 aliphatic heterocycles. The SMILES string of the molecule is CC1CCCN(C(=O)c2ccc(O)cc2)CC1. The average molecular weight is 233 g/mol. The van der Waals surface area contributed by atoms with Gasteiger partial charge < -0.3 is 10.0 Å². The van der Waals surface area contributed by atoms with Crippen molar-refractivity contribution in [3.63, 3.8) is 0 Å². The van der Waals surface area contributed by atoms with Crippen molar-refractivity contribution in [3.8, 4) is 5.75 Å². The fraction of sp³-hybridized carbons (Fsp3) is 0.500. The first-order chi connectivity index (χ1) is 8.16. The van der Waals surface area contributed by atoms with Crippen molar-refractivity contribution in [1.82, 2.24) is 4.90 Å². The normalized spacial score (nSPS) is 21.0. The maximum atomic E-state index is 12.2. The number of hydrogen-bond donors (Lipinski definition) is 1. The van der Waals surface area contributed by atoms with Crippen LogP contribution in [0.1, 0.15) is 36.5 Å². The van der Waals surface area contributed by atoms with Gasteiger partial charge >= 0.3 is 0 Å². The predicted octanol–water partition coefficient (Wildman–Crippen LogP) is 2.65. The van der Waals surface area contributed by atoms with Gasteiger partial charge in [-0.1, -0.05) is 6.92 Å². The summed E-state index contributed by atoms with van der Waals surface area (Å²) < 4.78 is 0. The monoisotopic (exact) mass is 233 g/mol. The van der Waals surface area contributed by atoms with Crippen LogP contribution >= 0.6 is 0 Å². The summed E-state index contributed by atoms with van der Waals surface area (Å²) in [4.78, 5) is 14.1. The summed E-state index contributed by atoms with van der Waals surface area (Å²) in [6, 6.07) is 6.50. The van der Waals surface area contributed by atoms with E-state index >= 15 is 0 Å². The van der Waals surface area contributed by atoms with E-state index in [0.717, 1.165) is 25.9 Å². The van der Waals surface area contributed by atoms with E-state index in [1.165, 1.54) is 6.42 Å². The quantitative estimate of drug-likeness (QED) is 0.810. The predicted molar refractivity (Wildman–Crippen MR) is 67.0 cm³/mol. The van der Waals surface area contributed by atoms with Crippen molar-refractivity contribution in [2.24, 2.45) is 5.92 Å². The molecule has 1 saturated heterocycles. The van der Waals surface area contributed by atoms with Crippen molar-refractivity contribution < 1.29 is 9.90 Å². The lowest BCUT2D eigenvalue weighted by Crippen LogP contribution is -2.31. The van der Waals surface area contributed by atoms with Crippen molar-refractivity contribution in [1.29, 1.82) is 0 Å². The molecule has 1 atom stereocenters. The zero-order valence-electron chi connectivity index (χ0n) is 10.2. The summed E-state index contributed by atoms with van der Waals surface area (Å²) in [6.07, 6.45) is 3.38. The molecule has 0 radical (unpaired) electrons. The van der Waals surface area contributed by atoms with Crippen molar-refractivity contribution in [3.05, 3.63) is 29.8 Å². The van der Waals surface area contributed by atoms with Gasteiger partial charge in [0, 0.05) is 18.7 Å². The van der Waals surface area contributed by atoms with Crippen LogP contribution in [-0.2, 0) is 0 Å². The number of rotatable bonds is 1. The molecule has 1 unspecified atom stereocenters. The van der Waals surface area contributed by atoms with E-state index in [9.17, 15) is 9.90 Å². The molecule has 0 saturated carbocycles. The van der Waals surface area contributed by atoms with Crippen LogP contribution in [0.3, 0.4) is 0 Å². The standard InChI is InChI=1S/C14H19NO2/c1-11-3-2-9-15(10-8-11)14(17)12-4-6-13(16)7-5-12/h4-7,11,16H,2-3,8-10H2,1H3. The molecule has 17 heavy (non-hydrogen) atoms. The number of hydrogen-bond acceptors (Lipinski definition) is 2. The highest BCUT2D eigenvalue weighted by Crippen LogP contribution is 2.19. The molecule has 2 rings (SSSR count). The molecule has 92 valence electrons. The number of aromatic hydroxyl groups is 1. The van der Waals surface area contributed by atoms with Gasteiger partial charge in [0.1, 0.15) is 5.75 Å². The number of carbonyl (C=O) groups is 1. The van der Waals surface area contributed by atoms with Crippen LogP contribution in [0.4, 0.5) is 0 Å². The molecule has 1 aliphatic rings. The van der Waals surface area contributed by atoms with E-state index < -0.39 is 0 Å². The van der Waals surface area contributed by atoms with E-state index in [2.05, 4.69) is 6.92 Å². The molecular weight excluding hydrogens is 214 g/mol. The lowest BCUT2D eigenvalue weighted by atomic mass is 10.0. The Morgan fingerprint density at radius 3 is 2.65 bits per heavy atom. The molecule has 3 nitrogen and oxygen atoms in total. The number of carbonyl (C=O) groups excluding carboxylic acids is 1. The third kappa shape index (κ3) is 2.99. The molecule has 3 heteroatoms. The zero-order valence-corrected chi connectivity index (χ0v) is 10.2. The Bertz CT molecular complexity index is 386. The van der Waals surface area contributed by atoms with Gasteiger partial charge in [0.15, 0.2) is 0 Å². The largest absolute Gasteiger partial charge is 0.508 e. The minimum absolute atomic E-state index is 0.0825. The number of nitrogens with zero attached hydrogens (tertiary/aromatic N) is 1. The summed E-state index contributed by atoms with van der Waals surface area (Å²) >= 11 is 0. The minimum Gasteiger partial charge on any atom is -0.508 e. The van der Waals surface area contributed by atoms with Crippen molar-refractivity contribution >= 4 is 5.91 Å². The van der Waals surface area contributed by atoms with Crippen LogP contribution in [0, 0.1) is 5.92 Å². The van der Waals surface area contributed by atoms with Crippen LogP contribution in [0.25, 0.3) is 0 Å². The number of amides is 1. The smallest absolute Gasteiger partial charge is 0.253 e. The Hall–Kier alpha value is -1.51. The first-order valence-electron chi connectivity index (χ1n) is 6.25. The first-order valence-corrected chi connectivity index (χ1v) is 6.25. The van der Waals surface area contributed by atoms with Crippen LogP contribution in [0.2, 0.25) is 0 Å². The van der Waals surface area contributed by atoms with E-state index in [1.807, 2.05) is 4.90 Å². The molecule has 1 heterocycles. The Balaban J connectivity index is 2.06. The molecule has 0 aromatic heterocycles. The summed E-state index contributed by atoms with van der Waals surface area (Å²) in [6.45, 7) is 3.94. The second-order valence-electron chi connectivity index (χ2n) is 4.88. The van der Waals surface area contributed by atoms with Gasteiger partial charge in [-0.15, -0.1) is 0 Å². The lowest BCUT2D eigenvalue weighted by molar-refractivity contribution is 0.0760. The van der Waals surface area contributed by atoms with Crippen LogP contribution in [0.5, 0.6) is 5.75 Å². The third-order valence-electron chi connectivity index (χ3n) is 3.42. The molecule has 1 fully saturated rings. The van der Waals surface area contributed by atoms with Crippen LogP contribution in [0.15, 0.2) is 24.3 Å². The number of phenols is 1. The van der Waals surface area contributed by atoms with Gasteiger partial charge in [-0.05, 0) is 49.4 Å². The number of likely N-dealkylation sites (tertiary alicyclic amines) is 1. The molecule has 1 aromatic carbocycles. The van der Waals surface area contributed by atoms with Gasteiger partial charge in [0.2, 0.25) is 0 Å². The molecule has 0 aliphatic carbocycles. The third-order valence-corrected chi connectivity index (χ3v) is 3.42. The molecule has 1 aromatic rings. The maximum Gasteiger partial charge on any atom is 0.253 e. The lowest BCUT2D eigenvalue weighted by Gasteiger charge is -2.20. The van der Waals surface area contributed by atoms with Gasteiger partial charge in [0.25, 0.3) is 5.91 Å². The topological polar surface area (TPSA) is 40.5 Å². The Kier molecular flexibility index (Phi) is 3.67. The summed E-state index contributed by atoms with van der Waals surface area (Å²) in [7, 11) is 0. The van der Waals surface area contributed by atoms with Crippen molar-refractivity contribution in [2.45, 2.75) is 26.2 Å². The number of benzene rings is 1. The minimum atomic E-state index is 0.0825. The Morgan fingerprint density at radius 1 is 1.24 bits per heavy atom. The van der Waals surface area contributed by atoms with E-state index in [0.29, 0.717) is 11.5 Å². The van der Waals surface area contributed by atoms with E-state index in [1.54, 1.807) is 24.3 Å². The average Bonchev–Trinajstić information content (AvgIpc) is 2.54. The highest BCUT2D eigenvalue weighted by atomic mass is 16.3. The van der Waals surface area contributed by atoms with Gasteiger partial charge in [-0.2, -0.15) is 0 Å². The summed E-state index contributed by atoms with van der Waals surface area (Å²) in [5.74, 6) is 0.998. The first kappa shape index (κ1) is 12.0. The van der Waals surface area contributed by atoms with E-state index in [4.69, 9.17) is 0 Å². The highest BCUT2D eigenvalue weighted by Gasteiger charge is 2.19. The van der Waals surface area contributed by atoms with Gasteiger partial charge in [-0.25, -0.2) is 0 Å². The molecule has 0 bridgehead atoms. The van der Waals surface area contributed by atoms with E-state index in [-0.39, 0.29) is 11.7 Å². The highest BCUT2D eigenvalue weighted by molar-refractivity contribution is 5.94. The fourth-order valence-electron chi connectivity index (χ4n) is 2.25. The second kappa shape index (κ2) is 5.21. The van der Waals surface area contributed by atoms with Gasteiger partial charge in [-0.3, -0.25) is 4.79 Å².